The van der Waals surface area contributed by atoms with Crippen LogP contribution in [0.25, 0.3) is 0 Å². The molecule has 76 valence electrons. The lowest BCUT2D eigenvalue weighted by Gasteiger charge is -2.06. The van der Waals surface area contributed by atoms with E-state index in [0.717, 1.165) is 12.1 Å². The Hall–Kier alpha value is -1.16. The van der Waals surface area contributed by atoms with Crippen LogP contribution in [0, 0.1) is 11.6 Å². The molecule has 0 aliphatic carbocycles. The number of hydrogen-bond donors (Lipinski definition) is 1. The van der Waals surface area contributed by atoms with Crippen molar-refractivity contribution in [2.45, 2.75) is 12.3 Å². The fourth-order valence-electron chi connectivity index (χ4n) is 0.823. The molecule has 5 heteroatoms. The van der Waals surface area contributed by atoms with Gasteiger partial charge >= 0.3 is 0 Å². The van der Waals surface area contributed by atoms with Crippen LogP contribution in [-0.4, -0.2) is 11.3 Å². The Morgan fingerprint density at radius 2 is 2.14 bits per heavy atom. The van der Waals surface area contributed by atoms with Gasteiger partial charge in [0.25, 0.3) is 0 Å². The number of carbonyl (C=O) groups excluding carboxylic acids is 1. The van der Waals surface area contributed by atoms with Gasteiger partial charge in [0.2, 0.25) is 5.91 Å². The molecular weight excluding hydrogens is 212 g/mol. The fourth-order valence-corrected chi connectivity index (χ4v) is 0.878. The zero-order valence-electron chi connectivity index (χ0n) is 7.35. The number of anilines is 1. The molecule has 0 unspecified atom stereocenters. The number of amides is 1. The van der Waals surface area contributed by atoms with E-state index in [1.165, 1.54) is 6.92 Å². The third kappa shape index (κ3) is 2.67. The lowest BCUT2D eigenvalue weighted by molar-refractivity contribution is -0.115. The molecule has 0 heterocycles. The molecule has 0 radical (unpaired) electrons. The van der Waals surface area contributed by atoms with Crippen LogP contribution >= 0.6 is 11.6 Å². The minimum atomic E-state index is -0.823. The topological polar surface area (TPSA) is 29.1 Å². The summed E-state index contributed by atoms with van der Waals surface area (Å²) in [6.07, 6.45) is 0. The van der Waals surface area contributed by atoms with Crippen LogP contribution < -0.4 is 5.32 Å². The van der Waals surface area contributed by atoms with Crippen LogP contribution in [0.15, 0.2) is 18.2 Å². The van der Waals surface area contributed by atoms with Gasteiger partial charge in [-0.05, 0) is 19.1 Å². The van der Waals surface area contributed by atoms with Gasteiger partial charge in [-0.3, -0.25) is 4.79 Å². The highest BCUT2D eigenvalue weighted by molar-refractivity contribution is 6.32. The molecule has 0 spiro atoms. The molecule has 1 aromatic carbocycles. The van der Waals surface area contributed by atoms with Gasteiger partial charge in [0.1, 0.15) is 17.0 Å². The van der Waals surface area contributed by atoms with Gasteiger partial charge in [-0.2, -0.15) is 0 Å². The quantitative estimate of drug-likeness (QED) is 0.761. The molecule has 0 saturated carbocycles. The van der Waals surface area contributed by atoms with Crippen molar-refractivity contribution in [1.82, 2.24) is 0 Å². The maximum Gasteiger partial charge on any atom is 0.242 e. The van der Waals surface area contributed by atoms with Crippen LogP contribution in [0.4, 0.5) is 14.5 Å². The first-order valence-corrected chi connectivity index (χ1v) is 4.34. The van der Waals surface area contributed by atoms with Crippen molar-refractivity contribution < 1.29 is 13.6 Å². The summed E-state index contributed by atoms with van der Waals surface area (Å²) >= 11 is 5.45. The van der Waals surface area contributed by atoms with Crippen LogP contribution in [0.5, 0.6) is 0 Å². The second-order valence-corrected chi connectivity index (χ2v) is 3.38. The van der Waals surface area contributed by atoms with Crippen molar-refractivity contribution in [2.75, 3.05) is 5.32 Å². The minimum Gasteiger partial charge on any atom is -0.322 e. The number of benzene rings is 1. The Kier molecular flexibility index (Phi) is 3.41. The fraction of sp³-hybridized carbons (Fsp3) is 0.222. The third-order valence-electron chi connectivity index (χ3n) is 1.55. The summed E-state index contributed by atoms with van der Waals surface area (Å²) < 4.78 is 25.4. The van der Waals surface area contributed by atoms with Crippen molar-refractivity contribution in [3.8, 4) is 0 Å². The van der Waals surface area contributed by atoms with E-state index in [2.05, 4.69) is 5.32 Å². The molecule has 1 N–H and O–H groups in total. The van der Waals surface area contributed by atoms with Crippen molar-refractivity contribution in [3.05, 3.63) is 29.8 Å². The molecule has 0 bridgehead atoms. The summed E-state index contributed by atoms with van der Waals surface area (Å²) in [6, 6.07) is 2.88. The smallest absolute Gasteiger partial charge is 0.242 e. The number of nitrogens with one attached hydrogen (secondary N) is 1. The maximum absolute atomic E-state index is 13.0. The Labute approximate surface area is 84.9 Å². The van der Waals surface area contributed by atoms with Crippen molar-refractivity contribution in [2.24, 2.45) is 0 Å². The van der Waals surface area contributed by atoms with E-state index in [1.54, 1.807) is 0 Å². The van der Waals surface area contributed by atoms with Crippen LogP contribution in [0.2, 0.25) is 0 Å². The number of halogens is 3. The van der Waals surface area contributed by atoms with Gasteiger partial charge in [0.15, 0.2) is 0 Å². The van der Waals surface area contributed by atoms with Gasteiger partial charge in [-0.15, -0.1) is 11.6 Å². The van der Waals surface area contributed by atoms with Gasteiger partial charge in [0.05, 0.1) is 5.69 Å². The Morgan fingerprint density at radius 3 is 2.64 bits per heavy atom. The Bertz CT molecular complexity index is 355. The molecule has 1 aromatic rings. The molecule has 0 aromatic heterocycles. The number of rotatable bonds is 2. The van der Waals surface area contributed by atoms with Gasteiger partial charge in [-0.1, -0.05) is 0 Å². The minimum absolute atomic E-state index is 0.0797. The molecule has 0 saturated heterocycles. The zero-order valence-corrected chi connectivity index (χ0v) is 8.11. The summed E-state index contributed by atoms with van der Waals surface area (Å²) in [5, 5.41) is 1.46. The monoisotopic (exact) mass is 219 g/mol. The maximum atomic E-state index is 13.0. The normalized spacial score (nSPS) is 12.3. The first kappa shape index (κ1) is 10.9. The molecule has 0 fully saturated rings. The summed E-state index contributed by atoms with van der Waals surface area (Å²) in [5.41, 5.74) is -0.0797. The zero-order chi connectivity index (χ0) is 10.7. The Morgan fingerprint density at radius 1 is 1.50 bits per heavy atom. The second-order valence-electron chi connectivity index (χ2n) is 2.73. The van der Waals surface area contributed by atoms with Gasteiger partial charge < -0.3 is 5.32 Å². The van der Waals surface area contributed by atoms with E-state index >= 15 is 0 Å². The highest BCUT2D eigenvalue weighted by atomic mass is 35.5. The van der Waals surface area contributed by atoms with Crippen molar-refractivity contribution in [1.29, 1.82) is 0 Å². The highest BCUT2D eigenvalue weighted by Crippen LogP contribution is 2.15. The average Bonchev–Trinajstić information content (AvgIpc) is 2.09. The summed E-state index contributed by atoms with van der Waals surface area (Å²) in [5.74, 6) is -2.05. The molecule has 1 atom stereocenters. The second kappa shape index (κ2) is 4.37. The van der Waals surface area contributed by atoms with E-state index < -0.39 is 22.9 Å². The predicted molar refractivity (Wildman–Crippen MR) is 50.3 cm³/mol. The molecule has 14 heavy (non-hydrogen) atoms. The lowest BCUT2D eigenvalue weighted by Crippen LogP contribution is -2.20. The van der Waals surface area contributed by atoms with E-state index in [1.807, 2.05) is 0 Å². The largest absolute Gasteiger partial charge is 0.322 e. The van der Waals surface area contributed by atoms with Gasteiger partial charge in [0, 0.05) is 6.07 Å². The summed E-state index contributed by atoms with van der Waals surface area (Å²) in [6.45, 7) is 1.46. The number of carbonyl (C=O) groups is 1. The lowest BCUT2D eigenvalue weighted by atomic mass is 10.3. The van der Waals surface area contributed by atoms with Crippen molar-refractivity contribution >= 4 is 23.2 Å². The van der Waals surface area contributed by atoms with Crippen LogP contribution in [0.1, 0.15) is 6.92 Å². The van der Waals surface area contributed by atoms with E-state index in [9.17, 15) is 13.6 Å². The van der Waals surface area contributed by atoms with E-state index in [-0.39, 0.29) is 5.69 Å². The Balaban J connectivity index is 2.82. The molecule has 1 rings (SSSR count). The summed E-state index contributed by atoms with van der Waals surface area (Å²) in [7, 11) is 0. The average molecular weight is 220 g/mol. The SMILES string of the molecule is C[C@H](Cl)C(=O)Nc1ccc(F)cc1F. The van der Waals surface area contributed by atoms with Crippen LogP contribution in [-0.2, 0) is 4.79 Å². The standard InChI is InChI=1S/C9H8ClF2NO/c1-5(10)9(14)13-8-3-2-6(11)4-7(8)12/h2-5H,1H3,(H,13,14)/t5-/m0/s1. The third-order valence-corrected chi connectivity index (χ3v) is 1.75. The van der Waals surface area contributed by atoms with E-state index in [0.29, 0.717) is 6.07 Å². The molecule has 0 aliphatic heterocycles. The van der Waals surface area contributed by atoms with Crippen LogP contribution in [0.3, 0.4) is 0 Å². The van der Waals surface area contributed by atoms with E-state index in [4.69, 9.17) is 11.6 Å². The molecule has 0 aliphatic rings. The van der Waals surface area contributed by atoms with Crippen molar-refractivity contribution in [3.63, 3.8) is 0 Å². The first-order valence-electron chi connectivity index (χ1n) is 3.90. The number of hydrogen-bond acceptors (Lipinski definition) is 1. The van der Waals surface area contributed by atoms with Gasteiger partial charge in [-0.25, -0.2) is 8.78 Å². The molecular formula is C9H8ClF2NO. The number of alkyl halides is 1. The highest BCUT2D eigenvalue weighted by Gasteiger charge is 2.11. The first-order chi connectivity index (χ1) is 6.50. The molecule has 1 amide bonds. The predicted octanol–water partition coefficient (Wildman–Crippen LogP) is 2.53. The summed E-state index contributed by atoms with van der Waals surface area (Å²) in [4.78, 5) is 11.0. The molecule has 2 nitrogen and oxygen atoms in total.